The van der Waals surface area contributed by atoms with Gasteiger partial charge in [-0.1, -0.05) is 139 Å². The summed E-state index contributed by atoms with van der Waals surface area (Å²) in [6.07, 6.45) is 0. The Balaban J connectivity index is 1.03. The molecular formula is C62H45BN4O. The fraction of sp³-hybridized carbons (Fsp3) is 0.0323. The van der Waals surface area contributed by atoms with E-state index in [2.05, 4.69) is 270 Å². The van der Waals surface area contributed by atoms with E-state index in [4.69, 9.17) is 4.74 Å². The van der Waals surface area contributed by atoms with Crippen LogP contribution in [0.4, 0.5) is 51.2 Å². The summed E-state index contributed by atoms with van der Waals surface area (Å²) in [6.45, 7) is 4.24. The Morgan fingerprint density at radius 3 is 1.71 bits per heavy atom. The average Bonchev–Trinajstić information content (AvgIpc) is 3.74. The standard InChI is InChI=1S/C62H45BN4O/c1-42-30-33-48(34-31-42)65(57-29-17-27-52-51-26-15-16-28-55(51)67(61(52)57)47-24-13-6-14-25-47)50-36-38-54-59(41-50)68-62-43(2)32-39-56-60(62)63(54)53-37-35-49(40-58(53)66(56)46-22-11-5-12-23-46)64(44-18-7-3-8-19-44)45-20-9-4-10-21-45/h3-41H,1-2H3. The zero-order valence-electron chi connectivity index (χ0n) is 37.8. The first-order valence-corrected chi connectivity index (χ1v) is 23.4. The van der Waals surface area contributed by atoms with Crippen LogP contribution < -0.4 is 35.8 Å². The van der Waals surface area contributed by atoms with Gasteiger partial charge in [0.05, 0.1) is 16.7 Å². The molecule has 11 aromatic rings. The topological polar surface area (TPSA) is 23.9 Å². The van der Waals surface area contributed by atoms with Gasteiger partial charge in [-0.15, -0.1) is 0 Å². The molecule has 0 saturated heterocycles. The summed E-state index contributed by atoms with van der Waals surface area (Å²) in [5, 5.41) is 2.41. The Labute approximate surface area is 397 Å². The Bertz CT molecular complexity index is 3650. The molecule has 0 saturated carbocycles. The van der Waals surface area contributed by atoms with Crippen LogP contribution in [-0.2, 0) is 0 Å². The van der Waals surface area contributed by atoms with E-state index < -0.39 is 0 Å². The monoisotopic (exact) mass is 872 g/mol. The quantitative estimate of drug-likeness (QED) is 0.142. The molecule has 6 heteroatoms. The highest BCUT2D eigenvalue weighted by atomic mass is 16.5. The largest absolute Gasteiger partial charge is 0.458 e. The number of aryl methyl sites for hydroxylation is 2. The number of anilines is 9. The smallest absolute Gasteiger partial charge is 0.256 e. The van der Waals surface area contributed by atoms with Gasteiger partial charge in [0.25, 0.3) is 6.71 Å². The zero-order valence-corrected chi connectivity index (χ0v) is 37.8. The van der Waals surface area contributed by atoms with Crippen molar-refractivity contribution in [1.29, 1.82) is 0 Å². The molecule has 0 aliphatic carbocycles. The molecule has 0 bridgehead atoms. The summed E-state index contributed by atoms with van der Waals surface area (Å²) in [7, 11) is 0. The molecule has 0 amide bonds. The van der Waals surface area contributed by atoms with Crippen molar-refractivity contribution in [2.45, 2.75) is 13.8 Å². The minimum atomic E-state index is -0.0829. The van der Waals surface area contributed by atoms with Gasteiger partial charge in [-0.05, 0) is 133 Å². The summed E-state index contributed by atoms with van der Waals surface area (Å²) in [4.78, 5) is 7.18. The van der Waals surface area contributed by atoms with E-state index in [0.717, 1.165) is 84.9 Å². The first-order chi connectivity index (χ1) is 33.6. The fourth-order valence-corrected chi connectivity index (χ4v) is 10.7. The van der Waals surface area contributed by atoms with Gasteiger partial charge in [0, 0.05) is 68.0 Å². The number of rotatable bonds is 8. The number of nitrogens with zero attached hydrogens (tertiary/aromatic N) is 4. The molecule has 68 heavy (non-hydrogen) atoms. The normalized spacial score (nSPS) is 12.3. The van der Waals surface area contributed by atoms with E-state index in [1.54, 1.807) is 0 Å². The van der Waals surface area contributed by atoms with Gasteiger partial charge >= 0.3 is 0 Å². The van der Waals surface area contributed by atoms with Crippen molar-refractivity contribution in [3.8, 4) is 17.2 Å². The number of aromatic nitrogens is 1. The Hall–Kier alpha value is -8.74. The van der Waals surface area contributed by atoms with Crippen LogP contribution in [0.25, 0.3) is 27.5 Å². The highest BCUT2D eigenvalue weighted by Gasteiger charge is 2.43. The molecule has 0 N–H and O–H groups in total. The molecular weight excluding hydrogens is 828 g/mol. The van der Waals surface area contributed by atoms with E-state index in [-0.39, 0.29) is 6.71 Å². The second-order valence-corrected chi connectivity index (χ2v) is 17.9. The Kier molecular flexibility index (Phi) is 9.32. The van der Waals surface area contributed by atoms with E-state index in [9.17, 15) is 0 Å². The first kappa shape index (κ1) is 39.6. The van der Waals surface area contributed by atoms with Crippen LogP contribution in [0.3, 0.4) is 0 Å². The molecule has 13 rings (SSSR count). The van der Waals surface area contributed by atoms with Crippen LogP contribution in [0.5, 0.6) is 11.5 Å². The van der Waals surface area contributed by atoms with Gasteiger partial charge in [0.15, 0.2) is 0 Å². The summed E-state index contributed by atoms with van der Waals surface area (Å²) >= 11 is 0. The third-order valence-electron chi connectivity index (χ3n) is 13.8. The minimum Gasteiger partial charge on any atom is -0.458 e. The van der Waals surface area contributed by atoms with Crippen LogP contribution in [0.1, 0.15) is 11.1 Å². The van der Waals surface area contributed by atoms with Crippen LogP contribution in [0, 0.1) is 13.8 Å². The molecule has 0 fully saturated rings. The lowest BCUT2D eigenvalue weighted by atomic mass is 9.34. The third-order valence-corrected chi connectivity index (χ3v) is 13.8. The van der Waals surface area contributed by atoms with Crippen molar-refractivity contribution in [1.82, 2.24) is 4.57 Å². The molecule has 322 valence electrons. The Morgan fingerprint density at radius 2 is 1.00 bits per heavy atom. The average molecular weight is 873 g/mol. The maximum atomic E-state index is 7.28. The lowest BCUT2D eigenvalue weighted by Gasteiger charge is -2.41. The molecule has 0 radical (unpaired) electrons. The predicted octanol–water partition coefficient (Wildman–Crippen LogP) is 14.7. The SMILES string of the molecule is Cc1ccc(N(c2ccc3c(c2)Oc2c(C)ccc4c2B3c2ccc(N(c3ccccc3)c3ccccc3)cc2N4c2ccccc2)c2cccc3c4ccccc4n(-c4ccccc4)c23)cc1. The van der Waals surface area contributed by atoms with Gasteiger partial charge in [-0.2, -0.15) is 0 Å². The van der Waals surface area contributed by atoms with Gasteiger partial charge < -0.3 is 24.0 Å². The van der Waals surface area contributed by atoms with Crippen molar-refractivity contribution < 1.29 is 4.74 Å². The van der Waals surface area contributed by atoms with Crippen molar-refractivity contribution in [2.24, 2.45) is 0 Å². The fourth-order valence-electron chi connectivity index (χ4n) is 10.7. The summed E-state index contributed by atoms with van der Waals surface area (Å²) < 4.78 is 9.69. The van der Waals surface area contributed by atoms with E-state index in [1.807, 2.05) is 0 Å². The van der Waals surface area contributed by atoms with Crippen molar-refractivity contribution in [2.75, 3.05) is 14.7 Å². The predicted molar refractivity (Wildman–Crippen MR) is 285 cm³/mol. The number of hydrogen-bond acceptors (Lipinski definition) is 4. The van der Waals surface area contributed by atoms with Crippen LogP contribution in [0.15, 0.2) is 237 Å². The summed E-state index contributed by atoms with van der Waals surface area (Å²) in [5.41, 5.74) is 19.1. The molecule has 0 spiro atoms. The molecule has 0 atom stereocenters. The molecule has 5 nitrogen and oxygen atoms in total. The highest BCUT2D eigenvalue weighted by Crippen LogP contribution is 2.47. The number of para-hydroxylation sites is 6. The second-order valence-electron chi connectivity index (χ2n) is 17.9. The van der Waals surface area contributed by atoms with Crippen LogP contribution >= 0.6 is 0 Å². The number of fused-ring (bicyclic) bond motifs is 7. The van der Waals surface area contributed by atoms with Gasteiger partial charge in [0.2, 0.25) is 0 Å². The van der Waals surface area contributed by atoms with Crippen molar-refractivity contribution in [3.05, 3.63) is 248 Å². The third kappa shape index (κ3) is 6.33. The number of benzene rings is 10. The molecule has 3 heterocycles. The zero-order chi connectivity index (χ0) is 45.3. The maximum Gasteiger partial charge on any atom is 0.256 e. The summed E-state index contributed by atoms with van der Waals surface area (Å²) in [6, 6.07) is 85.5. The van der Waals surface area contributed by atoms with Gasteiger partial charge in [-0.25, -0.2) is 0 Å². The van der Waals surface area contributed by atoms with E-state index in [1.165, 1.54) is 32.8 Å². The molecule has 10 aromatic carbocycles. The molecule has 0 unspecified atom stereocenters. The lowest BCUT2D eigenvalue weighted by molar-refractivity contribution is 0.484. The minimum absolute atomic E-state index is 0.0829. The molecule has 2 aliphatic heterocycles. The maximum absolute atomic E-state index is 7.28. The number of hydrogen-bond donors (Lipinski definition) is 0. The van der Waals surface area contributed by atoms with Crippen LogP contribution in [-0.4, -0.2) is 11.3 Å². The van der Waals surface area contributed by atoms with E-state index in [0.29, 0.717) is 0 Å². The second kappa shape index (κ2) is 16.0. The highest BCUT2D eigenvalue weighted by molar-refractivity contribution is 6.99. The lowest BCUT2D eigenvalue weighted by Crippen LogP contribution is -2.59. The number of ether oxygens (including phenoxy) is 1. The van der Waals surface area contributed by atoms with Crippen molar-refractivity contribution >= 4 is 96.1 Å². The Morgan fingerprint density at radius 1 is 0.426 bits per heavy atom. The molecule has 2 aliphatic rings. The van der Waals surface area contributed by atoms with Crippen LogP contribution in [0.2, 0.25) is 0 Å². The van der Waals surface area contributed by atoms with Gasteiger partial charge in [0.1, 0.15) is 11.5 Å². The van der Waals surface area contributed by atoms with Crippen molar-refractivity contribution in [3.63, 3.8) is 0 Å². The first-order valence-electron chi connectivity index (χ1n) is 23.4. The van der Waals surface area contributed by atoms with Gasteiger partial charge in [-0.3, -0.25) is 0 Å². The summed E-state index contributed by atoms with van der Waals surface area (Å²) in [5.74, 6) is 1.77. The van der Waals surface area contributed by atoms with E-state index >= 15 is 0 Å². The molecule has 1 aromatic heterocycles.